The molecule has 0 aliphatic heterocycles. The molecule has 1 atom stereocenters. The molecule has 2 heteroatoms. The minimum Gasteiger partial charge on any atom is -0.384 e. The molecule has 0 saturated heterocycles. The topological polar surface area (TPSA) is 33.1 Å². The fourth-order valence-corrected chi connectivity index (χ4v) is 1.80. The van der Waals surface area contributed by atoms with Crippen molar-refractivity contribution in [2.45, 2.75) is 20.0 Å². The summed E-state index contributed by atoms with van der Waals surface area (Å²) < 4.78 is 0. The van der Waals surface area contributed by atoms with Gasteiger partial charge < -0.3 is 5.11 Å². The van der Waals surface area contributed by atoms with Gasteiger partial charge in [0.15, 0.2) is 0 Å². The molecule has 0 bridgehead atoms. The summed E-state index contributed by atoms with van der Waals surface area (Å²) in [4.78, 5) is 3.95. The lowest BCUT2D eigenvalue weighted by atomic mass is 9.95. The Morgan fingerprint density at radius 3 is 2.44 bits per heavy atom. The average molecular weight is 213 g/mol. The van der Waals surface area contributed by atoms with Gasteiger partial charge in [0.2, 0.25) is 0 Å². The monoisotopic (exact) mass is 213 g/mol. The van der Waals surface area contributed by atoms with Gasteiger partial charge >= 0.3 is 0 Å². The standard InChI is InChI=1S/C14H15NO/c1-10-4-3-5-13(11(10)2)14(16)12-6-8-15-9-7-12/h3-9,14,16H,1-2H3. The van der Waals surface area contributed by atoms with Gasteiger partial charge in [0.05, 0.1) is 0 Å². The summed E-state index contributed by atoms with van der Waals surface area (Å²) in [6.07, 6.45) is 2.83. The second-order valence-electron chi connectivity index (χ2n) is 3.97. The number of aliphatic hydroxyl groups excluding tert-OH is 1. The summed E-state index contributed by atoms with van der Waals surface area (Å²) in [5.74, 6) is 0. The van der Waals surface area contributed by atoms with Crippen LogP contribution in [0.5, 0.6) is 0 Å². The molecule has 0 saturated carbocycles. The first-order valence-electron chi connectivity index (χ1n) is 5.34. The maximum atomic E-state index is 10.3. The first-order chi connectivity index (χ1) is 7.70. The number of nitrogens with zero attached hydrogens (tertiary/aromatic N) is 1. The smallest absolute Gasteiger partial charge is 0.104 e. The molecule has 0 aliphatic carbocycles. The maximum Gasteiger partial charge on any atom is 0.104 e. The Kier molecular flexibility index (Phi) is 3.02. The van der Waals surface area contributed by atoms with Crippen LogP contribution in [0, 0.1) is 13.8 Å². The normalized spacial score (nSPS) is 12.4. The zero-order chi connectivity index (χ0) is 11.5. The number of aliphatic hydroxyl groups is 1. The van der Waals surface area contributed by atoms with Crippen LogP contribution in [-0.4, -0.2) is 10.1 Å². The molecule has 1 N–H and O–H groups in total. The number of aromatic nitrogens is 1. The number of pyridine rings is 1. The number of hydrogen-bond acceptors (Lipinski definition) is 2. The Bertz CT molecular complexity index is 479. The molecular weight excluding hydrogens is 198 g/mol. The van der Waals surface area contributed by atoms with E-state index in [1.807, 2.05) is 31.2 Å². The molecule has 0 aliphatic rings. The van der Waals surface area contributed by atoms with E-state index in [0.29, 0.717) is 0 Å². The van der Waals surface area contributed by atoms with E-state index in [1.54, 1.807) is 12.4 Å². The fraction of sp³-hybridized carbons (Fsp3) is 0.214. The summed E-state index contributed by atoms with van der Waals surface area (Å²) in [6.45, 7) is 4.09. The Labute approximate surface area is 95.6 Å². The van der Waals surface area contributed by atoms with Crippen molar-refractivity contribution < 1.29 is 5.11 Å². The van der Waals surface area contributed by atoms with E-state index in [4.69, 9.17) is 0 Å². The Morgan fingerprint density at radius 1 is 1.06 bits per heavy atom. The largest absolute Gasteiger partial charge is 0.384 e. The van der Waals surface area contributed by atoms with Crippen molar-refractivity contribution >= 4 is 0 Å². The van der Waals surface area contributed by atoms with Crippen LogP contribution in [0.25, 0.3) is 0 Å². The molecule has 1 aromatic carbocycles. The second-order valence-corrected chi connectivity index (χ2v) is 3.97. The molecule has 2 rings (SSSR count). The summed E-state index contributed by atoms with van der Waals surface area (Å²) >= 11 is 0. The van der Waals surface area contributed by atoms with E-state index >= 15 is 0 Å². The SMILES string of the molecule is Cc1cccc(C(O)c2ccncc2)c1C. The highest BCUT2D eigenvalue weighted by molar-refractivity contribution is 5.38. The van der Waals surface area contributed by atoms with Crippen molar-refractivity contribution in [3.8, 4) is 0 Å². The molecule has 2 aromatic rings. The van der Waals surface area contributed by atoms with Crippen LogP contribution in [0.2, 0.25) is 0 Å². The van der Waals surface area contributed by atoms with E-state index in [0.717, 1.165) is 16.7 Å². The van der Waals surface area contributed by atoms with Gasteiger partial charge in [-0.2, -0.15) is 0 Å². The predicted octanol–water partition coefficient (Wildman–Crippen LogP) is 2.78. The molecule has 1 unspecified atom stereocenters. The molecule has 0 spiro atoms. The van der Waals surface area contributed by atoms with Gasteiger partial charge in [0.1, 0.15) is 6.10 Å². The molecule has 0 radical (unpaired) electrons. The van der Waals surface area contributed by atoms with Crippen LogP contribution in [0.4, 0.5) is 0 Å². The summed E-state index contributed by atoms with van der Waals surface area (Å²) in [7, 11) is 0. The number of aryl methyl sites for hydroxylation is 1. The fourth-order valence-electron chi connectivity index (χ4n) is 1.80. The van der Waals surface area contributed by atoms with Crippen molar-refractivity contribution in [1.29, 1.82) is 0 Å². The predicted molar refractivity (Wildman–Crippen MR) is 64.2 cm³/mol. The van der Waals surface area contributed by atoms with Crippen LogP contribution in [0.3, 0.4) is 0 Å². The highest BCUT2D eigenvalue weighted by Gasteiger charge is 2.12. The average Bonchev–Trinajstić information content (AvgIpc) is 2.33. The van der Waals surface area contributed by atoms with Gasteiger partial charge in [-0.15, -0.1) is 0 Å². The molecule has 2 nitrogen and oxygen atoms in total. The van der Waals surface area contributed by atoms with Crippen molar-refractivity contribution in [2.24, 2.45) is 0 Å². The van der Waals surface area contributed by atoms with E-state index in [9.17, 15) is 5.11 Å². The highest BCUT2D eigenvalue weighted by atomic mass is 16.3. The number of rotatable bonds is 2. The Balaban J connectivity index is 2.42. The third-order valence-corrected chi connectivity index (χ3v) is 2.96. The van der Waals surface area contributed by atoms with Gasteiger partial charge in [-0.25, -0.2) is 0 Å². The molecule has 1 heterocycles. The molecule has 1 aromatic heterocycles. The van der Waals surface area contributed by atoms with Crippen molar-refractivity contribution in [3.05, 3.63) is 65.0 Å². The van der Waals surface area contributed by atoms with Crippen LogP contribution in [-0.2, 0) is 0 Å². The van der Waals surface area contributed by atoms with Gasteiger partial charge in [-0.1, -0.05) is 18.2 Å². The lowest BCUT2D eigenvalue weighted by molar-refractivity contribution is 0.219. The number of hydrogen-bond donors (Lipinski definition) is 1. The summed E-state index contributed by atoms with van der Waals surface area (Å²) in [6, 6.07) is 9.67. The minimum absolute atomic E-state index is 0.567. The van der Waals surface area contributed by atoms with Crippen LogP contribution < -0.4 is 0 Å². The van der Waals surface area contributed by atoms with Gasteiger partial charge in [0, 0.05) is 12.4 Å². The Morgan fingerprint density at radius 2 is 1.75 bits per heavy atom. The molecule has 0 fully saturated rings. The quantitative estimate of drug-likeness (QED) is 0.832. The van der Waals surface area contributed by atoms with Crippen LogP contribution in [0.1, 0.15) is 28.4 Å². The zero-order valence-corrected chi connectivity index (χ0v) is 9.51. The van der Waals surface area contributed by atoms with Gasteiger partial charge in [-0.3, -0.25) is 4.98 Å². The molecule has 82 valence electrons. The first-order valence-corrected chi connectivity index (χ1v) is 5.34. The lowest BCUT2D eigenvalue weighted by Gasteiger charge is -2.15. The van der Waals surface area contributed by atoms with Crippen molar-refractivity contribution in [3.63, 3.8) is 0 Å². The van der Waals surface area contributed by atoms with Gasteiger partial charge in [-0.05, 0) is 48.2 Å². The zero-order valence-electron chi connectivity index (χ0n) is 9.51. The Hall–Kier alpha value is -1.67. The van der Waals surface area contributed by atoms with Crippen molar-refractivity contribution in [2.75, 3.05) is 0 Å². The van der Waals surface area contributed by atoms with Crippen LogP contribution >= 0.6 is 0 Å². The molecular formula is C14H15NO. The molecule has 0 amide bonds. The van der Waals surface area contributed by atoms with E-state index in [-0.39, 0.29) is 0 Å². The molecule has 16 heavy (non-hydrogen) atoms. The van der Waals surface area contributed by atoms with E-state index in [2.05, 4.69) is 18.0 Å². The third kappa shape index (κ3) is 1.97. The maximum absolute atomic E-state index is 10.3. The van der Waals surface area contributed by atoms with E-state index in [1.165, 1.54) is 5.56 Å². The third-order valence-electron chi connectivity index (χ3n) is 2.96. The van der Waals surface area contributed by atoms with Gasteiger partial charge in [0.25, 0.3) is 0 Å². The summed E-state index contributed by atoms with van der Waals surface area (Å²) in [5, 5.41) is 10.3. The minimum atomic E-state index is -0.567. The first kappa shape index (κ1) is 10.8. The number of benzene rings is 1. The van der Waals surface area contributed by atoms with Crippen molar-refractivity contribution in [1.82, 2.24) is 4.98 Å². The van der Waals surface area contributed by atoms with E-state index < -0.39 is 6.10 Å². The lowest BCUT2D eigenvalue weighted by Crippen LogP contribution is -2.03. The second kappa shape index (κ2) is 4.45. The summed E-state index contributed by atoms with van der Waals surface area (Å²) in [5.41, 5.74) is 4.19. The van der Waals surface area contributed by atoms with Crippen LogP contribution in [0.15, 0.2) is 42.7 Å². The highest BCUT2D eigenvalue weighted by Crippen LogP contribution is 2.25.